The molecule has 0 aromatic rings. The van der Waals surface area contributed by atoms with Crippen molar-refractivity contribution in [2.75, 3.05) is 19.8 Å². The van der Waals surface area contributed by atoms with Crippen molar-refractivity contribution in [3.8, 4) is 0 Å². The number of rotatable bonds is 3. The van der Waals surface area contributed by atoms with E-state index in [9.17, 15) is 5.11 Å². The smallest absolute Gasteiger partial charge is 0.0695 e. The molecule has 3 heteroatoms. The molecule has 0 bridgehead atoms. The number of nitrogens with one attached hydrogen (secondary N) is 1. The van der Waals surface area contributed by atoms with E-state index in [-0.39, 0.29) is 6.10 Å². The van der Waals surface area contributed by atoms with Gasteiger partial charge in [-0.15, -0.1) is 0 Å². The molecule has 0 aromatic carbocycles. The monoisotopic (exact) mass is 199 g/mol. The summed E-state index contributed by atoms with van der Waals surface area (Å²) in [5, 5.41) is 13.4. The quantitative estimate of drug-likeness (QED) is 0.710. The van der Waals surface area contributed by atoms with Crippen LogP contribution in [-0.4, -0.2) is 37.0 Å². The SMILES string of the molecule is OC(CC1CCOCC1)C1CCCN1. The van der Waals surface area contributed by atoms with Gasteiger partial charge in [0, 0.05) is 19.3 Å². The zero-order valence-electron chi connectivity index (χ0n) is 8.74. The molecule has 2 unspecified atom stereocenters. The molecule has 0 saturated carbocycles. The molecule has 2 fully saturated rings. The maximum absolute atomic E-state index is 10.00. The van der Waals surface area contributed by atoms with Gasteiger partial charge in [0.15, 0.2) is 0 Å². The maximum atomic E-state index is 10.00. The van der Waals surface area contributed by atoms with Crippen LogP contribution in [0.25, 0.3) is 0 Å². The predicted octanol–water partition coefficient (Wildman–Crippen LogP) is 0.916. The summed E-state index contributed by atoms with van der Waals surface area (Å²) >= 11 is 0. The Bertz CT molecular complexity index is 163. The second-order valence-corrected chi connectivity index (χ2v) is 4.56. The summed E-state index contributed by atoms with van der Waals surface area (Å²) in [6, 6.07) is 0.359. The van der Waals surface area contributed by atoms with Crippen molar-refractivity contribution in [3.05, 3.63) is 0 Å². The fourth-order valence-corrected chi connectivity index (χ4v) is 2.53. The van der Waals surface area contributed by atoms with E-state index < -0.39 is 0 Å². The van der Waals surface area contributed by atoms with Gasteiger partial charge in [-0.2, -0.15) is 0 Å². The summed E-state index contributed by atoms with van der Waals surface area (Å²) in [5.74, 6) is 0.682. The van der Waals surface area contributed by atoms with Crippen molar-refractivity contribution in [2.24, 2.45) is 5.92 Å². The third-order valence-corrected chi connectivity index (χ3v) is 3.48. The minimum atomic E-state index is -0.138. The molecule has 82 valence electrons. The van der Waals surface area contributed by atoms with Crippen molar-refractivity contribution >= 4 is 0 Å². The molecule has 0 radical (unpaired) electrons. The Kier molecular flexibility index (Phi) is 3.79. The lowest BCUT2D eigenvalue weighted by Gasteiger charge is -2.26. The molecule has 0 aliphatic carbocycles. The molecule has 2 aliphatic rings. The minimum absolute atomic E-state index is 0.138. The average molecular weight is 199 g/mol. The van der Waals surface area contributed by atoms with E-state index >= 15 is 0 Å². The molecule has 0 spiro atoms. The Morgan fingerprint density at radius 3 is 2.71 bits per heavy atom. The van der Waals surface area contributed by atoms with Crippen LogP contribution in [0.5, 0.6) is 0 Å². The van der Waals surface area contributed by atoms with Gasteiger partial charge in [-0.3, -0.25) is 0 Å². The molecule has 2 aliphatic heterocycles. The van der Waals surface area contributed by atoms with Crippen LogP contribution in [0, 0.1) is 5.92 Å². The summed E-state index contributed by atoms with van der Waals surface area (Å²) in [6.07, 6.45) is 5.44. The highest BCUT2D eigenvalue weighted by Crippen LogP contribution is 2.23. The van der Waals surface area contributed by atoms with Crippen LogP contribution in [0.15, 0.2) is 0 Å². The first kappa shape index (κ1) is 10.4. The van der Waals surface area contributed by atoms with E-state index in [0.29, 0.717) is 12.0 Å². The fourth-order valence-electron chi connectivity index (χ4n) is 2.53. The van der Waals surface area contributed by atoms with E-state index in [0.717, 1.165) is 45.4 Å². The molecule has 2 rings (SSSR count). The first-order chi connectivity index (χ1) is 6.86. The Balaban J connectivity index is 1.72. The summed E-state index contributed by atoms with van der Waals surface area (Å²) in [5.41, 5.74) is 0. The fraction of sp³-hybridized carbons (Fsp3) is 1.00. The summed E-state index contributed by atoms with van der Waals surface area (Å²) < 4.78 is 5.31. The molecule has 0 amide bonds. The molecule has 2 saturated heterocycles. The van der Waals surface area contributed by atoms with Crippen molar-refractivity contribution < 1.29 is 9.84 Å². The predicted molar refractivity (Wildman–Crippen MR) is 55.2 cm³/mol. The third kappa shape index (κ3) is 2.69. The number of ether oxygens (including phenoxy) is 1. The van der Waals surface area contributed by atoms with Crippen molar-refractivity contribution in [2.45, 2.75) is 44.2 Å². The normalized spacial score (nSPS) is 31.9. The molecule has 0 aromatic heterocycles. The highest BCUT2D eigenvalue weighted by molar-refractivity contribution is 4.83. The number of hydrogen-bond donors (Lipinski definition) is 2. The van der Waals surface area contributed by atoms with Crippen LogP contribution in [0.3, 0.4) is 0 Å². The summed E-state index contributed by atoms with van der Waals surface area (Å²) in [7, 11) is 0. The minimum Gasteiger partial charge on any atom is -0.391 e. The van der Waals surface area contributed by atoms with Crippen molar-refractivity contribution in [1.82, 2.24) is 5.32 Å². The van der Waals surface area contributed by atoms with Gasteiger partial charge in [-0.05, 0) is 44.6 Å². The van der Waals surface area contributed by atoms with E-state index in [4.69, 9.17) is 4.74 Å². The highest BCUT2D eigenvalue weighted by atomic mass is 16.5. The van der Waals surface area contributed by atoms with Crippen LogP contribution in [0.4, 0.5) is 0 Å². The van der Waals surface area contributed by atoms with Gasteiger partial charge in [0.2, 0.25) is 0 Å². The highest BCUT2D eigenvalue weighted by Gasteiger charge is 2.26. The Morgan fingerprint density at radius 1 is 1.29 bits per heavy atom. The second-order valence-electron chi connectivity index (χ2n) is 4.56. The zero-order valence-corrected chi connectivity index (χ0v) is 8.74. The van der Waals surface area contributed by atoms with Crippen LogP contribution in [0.1, 0.15) is 32.1 Å². The van der Waals surface area contributed by atoms with Crippen molar-refractivity contribution in [3.63, 3.8) is 0 Å². The lowest BCUT2D eigenvalue weighted by Crippen LogP contribution is -2.36. The van der Waals surface area contributed by atoms with Crippen molar-refractivity contribution in [1.29, 1.82) is 0 Å². The Hall–Kier alpha value is -0.120. The molecule has 2 atom stereocenters. The van der Waals surface area contributed by atoms with E-state index in [1.807, 2.05) is 0 Å². The van der Waals surface area contributed by atoms with Crippen LogP contribution in [-0.2, 0) is 4.74 Å². The zero-order chi connectivity index (χ0) is 9.80. The number of aliphatic hydroxyl groups excluding tert-OH is 1. The molecular formula is C11H21NO2. The third-order valence-electron chi connectivity index (χ3n) is 3.48. The molecule has 2 N–H and O–H groups in total. The maximum Gasteiger partial charge on any atom is 0.0695 e. The van der Waals surface area contributed by atoms with Gasteiger partial charge in [0.1, 0.15) is 0 Å². The molecule has 3 nitrogen and oxygen atoms in total. The molecule has 14 heavy (non-hydrogen) atoms. The Labute approximate surface area is 85.8 Å². The average Bonchev–Trinajstić information content (AvgIpc) is 2.72. The standard InChI is InChI=1S/C11H21NO2/c13-11(10-2-1-5-12-10)8-9-3-6-14-7-4-9/h9-13H,1-8H2. The Morgan fingerprint density at radius 2 is 2.07 bits per heavy atom. The van der Waals surface area contributed by atoms with E-state index in [1.165, 1.54) is 6.42 Å². The summed E-state index contributed by atoms with van der Waals surface area (Å²) in [4.78, 5) is 0. The number of hydrogen-bond acceptors (Lipinski definition) is 3. The second kappa shape index (κ2) is 5.10. The van der Waals surface area contributed by atoms with Gasteiger partial charge < -0.3 is 15.2 Å². The molecular weight excluding hydrogens is 178 g/mol. The lowest BCUT2D eigenvalue weighted by atomic mass is 9.91. The van der Waals surface area contributed by atoms with E-state index in [2.05, 4.69) is 5.32 Å². The first-order valence-corrected chi connectivity index (χ1v) is 5.85. The van der Waals surface area contributed by atoms with Gasteiger partial charge in [0.25, 0.3) is 0 Å². The lowest BCUT2D eigenvalue weighted by molar-refractivity contribution is 0.0362. The van der Waals surface area contributed by atoms with Gasteiger partial charge in [-0.25, -0.2) is 0 Å². The van der Waals surface area contributed by atoms with Crippen LogP contribution < -0.4 is 5.32 Å². The van der Waals surface area contributed by atoms with Gasteiger partial charge >= 0.3 is 0 Å². The van der Waals surface area contributed by atoms with Crippen LogP contribution >= 0.6 is 0 Å². The van der Waals surface area contributed by atoms with E-state index in [1.54, 1.807) is 0 Å². The number of aliphatic hydroxyl groups is 1. The largest absolute Gasteiger partial charge is 0.391 e. The molecule has 2 heterocycles. The van der Waals surface area contributed by atoms with Gasteiger partial charge in [0.05, 0.1) is 6.10 Å². The van der Waals surface area contributed by atoms with Crippen LogP contribution in [0.2, 0.25) is 0 Å². The summed E-state index contributed by atoms with van der Waals surface area (Å²) in [6.45, 7) is 2.85. The topological polar surface area (TPSA) is 41.5 Å². The first-order valence-electron chi connectivity index (χ1n) is 5.85. The van der Waals surface area contributed by atoms with Gasteiger partial charge in [-0.1, -0.05) is 0 Å².